The number of nitrogens with two attached hydrogens (primary N) is 1. The lowest BCUT2D eigenvalue weighted by Crippen LogP contribution is -2.12. The smallest absolute Gasteiger partial charge is 0.267 e. The van der Waals surface area contributed by atoms with Crippen LogP contribution in [0, 0.1) is 19.8 Å². The highest BCUT2D eigenvalue weighted by Crippen LogP contribution is 2.33. The van der Waals surface area contributed by atoms with Crippen LogP contribution in [0.1, 0.15) is 40.3 Å². The minimum absolute atomic E-state index is 0.186. The van der Waals surface area contributed by atoms with Gasteiger partial charge in [0.15, 0.2) is 0 Å². The van der Waals surface area contributed by atoms with E-state index in [-0.39, 0.29) is 5.91 Å². The molecule has 2 heterocycles. The molecule has 25 heavy (non-hydrogen) atoms. The maximum absolute atomic E-state index is 12.7. The summed E-state index contributed by atoms with van der Waals surface area (Å²) < 4.78 is 0. The Bertz CT molecular complexity index is 944. The van der Waals surface area contributed by atoms with Gasteiger partial charge in [-0.25, -0.2) is 4.98 Å². The predicted octanol–water partition coefficient (Wildman–Crippen LogP) is 4.95. The first kappa shape index (κ1) is 17.4. The van der Waals surface area contributed by atoms with Crippen molar-refractivity contribution in [3.63, 3.8) is 0 Å². The topological polar surface area (TPSA) is 68.0 Å². The number of rotatable bonds is 4. The second-order valence-electron chi connectivity index (χ2n) is 6.85. The Morgan fingerprint density at radius 2 is 1.96 bits per heavy atom. The Hall–Kier alpha value is -2.40. The molecule has 130 valence electrons. The van der Waals surface area contributed by atoms with Gasteiger partial charge in [0.1, 0.15) is 9.71 Å². The number of nitrogen functional groups attached to an aromatic ring is 1. The first-order valence-electron chi connectivity index (χ1n) is 8.41. The zero-order valence-corrected chi connectivity index (χ0v) is 15.8. The lowest BCUT2D eigenvalue weighted by atomic mass is 10.1. The number of fused-ring (bicyclic) bond motifs is 1. The van der Waals surface area contributed by atoms with Gasteiger partial charge < -0.3 is 11.1 Å². The Morgan fingerprint density at radius 3 is 2.64 bits per heavy atom. The Labute approximate surface area is 152 Å². The number of nitrogens with zero attached hydrogens (tertiary/aromatic N) is 1. The molecule has 0 fully saturated rings. The van der Waals surface area contributed by atoms with E-state index in [1.54, 1.807) is 0 Å². The summed E-state index contributed by atoms with van der Waals surface area (Å²) in [7, 11) is 0. The standard InChI is InChI=1S/C20H23N3OS/c1-11(2)9-14-7-8-16-17(21)18(25-20(16)23-14)19(24)22-15-6-5-12(3)13(4)10-15/h5-8,10-11H,9,21H2,1-4H3,(H,22,24). The highest BCUT2D eigenvalue weighted by molar-refractivity contribution is 7.21. The van der Waals surface area contributed by atoms with Gasteiger partial charge in [-0.3, -0.25) is 4.79 Å². The third-order valence-corrected chi connectivity index (χ3v) is 5.35. The van der Waals surface area contributed by atoms with E-state index >= 15 is 0 Å². The van der Waals surface area contributed by atoms with Gasteiger partial charge in [0.2, 0.25) is 0 Å². The van der Waals surface area contributed by atoms with Gasteiger partial charge in [-0.2, -0.15) is 0 Å². The molecule has 0 aliphatic rings. The lowest BCUT2D eigenvalue weighted by molar-refractivity contribution is 0.103. The fourth-order valence-electron chi connectivity index (χ4n) is 2.74. The van der Waals surface area contributed by atoms with Gasteiger partial charge >= 0.3 is 0 Å². The van der Waals surface area contributed by atoms with E-state index in [9.17, 15) is 4.79 Å². The second kappa shape index (κ2) is 6.84. The van der Waals surface area contributed by atoms with E-state index in [0.29, 0.717) is 16.5 Å². The number of hydrogen-bond donors (Lipinski definition) is 2. The van der Waals surface area contributed by atoms with Crippen LogP contribution >= 0.6 is 11.3 Å². The molecule has 3 N–H and O–H groups in total. The Morgan fingerprint density at radius 1 is 1.20 bits per heavy atom. The van der Waals surface area contributed by atoms with Crippen molar-refractivity contribution in [2.45, 2.75) is 34.1 Å². The second-order valence-corrected chi connectivity index (χ2v) is 7.85. The molecule has 3 rings (SSSR count). The van der Waals surface area contributed by atoms with Crippen LogP contribution in [0.2, 0.25) is 0 Å². The van der Waals surface area contributed by atoms with Gasteiger partial charge in [0, 0.05) is 16.8 Å². The van der Waals surface area contributed by atoms with Gasteiger partial charge in [0.25, 0.3) is 5.91 Å². The summed E-state index contributed by atoms with van der Waals surface area (Å²) in [5.41, 5.74) is 10.9. The molecule has 0 atom stereocenters. The molecule has 3 aromatic rings. The van der Waals surface area contributed by atoms with Crippen molar-refractivity contribution in [2.24, 2.45) is 5.92 Å². The van der Waals surface area contributed by atoms with Crippen molar-refractivity contribution in [3.8, 4) is 0 Å². The molecule has 1 aromatic carbocycles. The molecule has 4 nitrogen and oxygen atoms in total. The van der Waals surface area contributed by atoms with Gasteiger partial charge in [-0.05, 0) is 61.6 Å². The first-order valence-corrected chi connectivity index (χ1v) is 9.23. The highest BCUT2D eigenvalue weighted by Gasteiger charge is 2.18. The summed E-state index contributed by atoms with van der Waals surface area (Å²) in [5, 5.41) is 3.79. The summed E-state index contributed by atoms with van der Waals surface area (Å²) >= 11 is 1.35. The SMILES string of the molecule is Cc1ccc(NC(=O)c2sc3nc(CC(C)C)ccc3c2N)cc1C. The summed E-state index contributed by atoms with van der Waals surface area (Å²) in [6.07, 6.45) is 0.915. The number of carbonyl (C=O) groups excluding carboxylic acids is 1. The number of benzene rings is 1. The maximum Gasteiger partial charge on any atom is 0.267 e. The third-order valence-electron chi connectivity index (χ3n) is 4.24. The molecule has 0 saturated carbocycles. The molecule has 5 heteroatoms. The van der Waals surface area contributed by atoms with Gasteiger partial charge in [0.05, 0.1) is 5.69 Å². The molecule has 0 spiro atoms. The van der Waals surface area contributed by atoms with Gasteiger partial charge in [-0.1, -0.05) is 19.9 Å². The van der Waals surface area contributed by atoms with E-state index in [4.69, 9.17) is 5.73 Å². The molecular weight excluding hydrogens is 330 g/mol. The molecule has 2 aromatic heterocycles. The summed E-state index contributed by atoms with van der Waals surface area (Å²) in [5.74, 6) is 0.351. The van der Waals surface area contributed by atoms with Crippen molar-refractivity contribution < 1.29 is 4.79 Å². The highest BCUT2D eigenvalue weighted by atomic mass is 32.1. The van der Waals surface area contributed by atoms with Crippen LogP contribution in [0.4, 0.5) is 11.4 Å². The van der Waals surface area contributed by atoms with E-state index in [1.807, 2.05) is 44.2 Å². The Balaban J connectivity index is 1.90. The number of pyridine rings is 1. The fourth-order valence-corrected chi connectivity index (χ4v) is 3.75. The zero-order chi connectivity index (χ0) is 18.1. The normalized spacial score (nSPS) is 11.2. The molecule has 1 amide bonds. The van der Waals surface area contributed by atoms with Crippen LogP contribution in [0.3, 0.4) is 0 Å². The predicted molar refractivity (Wildman–Crippen MR) is 106 cm³/mol. The molecule has 0 bridgehead atoms. The van der Waals surface area contributed by atoms with Crippen LogP contribution in [0.15, 0.2) is 30.3 Å². The van der Waals surface area contributed by atoms with E-state index in [0.717, 1.165) is 33.6 Å². The van der Waals surface area contributed by atoms with Crippen LogP contribution in [0.5, 0.6) is 0 Å². The molecule has 0 aliphatic heterocycles. The lowest BCUT2D eigenvalue weighted by Gasteiger charge is -2.07. The largest absolute Gasteiger partial charge is 0.397 e. The number of amides is 1. The van der Waals surface area contributed by atoms with Crippen molar-refractivity contribution in [1.29, 1.82) is 0 Å². The monoisotopic (exact) mass is 353 g/mol. The summed E-state index contributed by atoms with van der Waals surface area (Å²) in [6, 6.07) is 9.84. The average Bonchev–Trinajstić information content (AvgIpc) is 2.87. The fraction of sp³-hybridized carbons (Fsp3) is 0.300. The maximum atomic E-state index is 12.7. The minimum atomic E-state index is -0.186. The van der Waals surface area contributed by atoms with Crippen molar-refractivity contribution in [2.75, 3.05) is 11.1 Å². The molecule has 0 saturated heterocycles. The first-order chi connectivity index (χ1) is 11.8. The summed E-state index contributed by atoms with van der Waals surface area (Å²) in [4.78, 5) is 18.7. The number of anilines is 2. The molecule has 0 aliphatic carbocycles. The van der Waals surface area contributed by atoms with E-state index in [1.165, 1.54) is 16.9 Å². The molecule has 0 radical (unpaired) electrons. The number of nitrogens with one attached hydrogen (secondary N) is 1. The molecule has 0 unspecified atom stereocenters. The van der Waals surface area contributed by atoms with E-state index in [2.05, 4.69) is 24.1 Å². The minimum Gasteiger partial charge on any atom is -0.397 e. The van der Waals surface area contributed by atoms with Crippen molar-refractivity contribution >= 4 is 38.8 Å². The number of aromatic nitrogens is 1. The van der Waals surface area contributed by atoms with Crippen LogP contribution in [0.25, 0.3) is 10.2 Å². The van der Waals surface area contributed by atoms with Crippen LogP contribution in [-0.4, -0.2) is 10.9 Å². The quantitative estimate of drug-likeness (QED) is 0.697. The van der Waals surface area contributed by atoms with Crippen molar-refractivity contribution in [3.05, 3.63) is 52.0 Å². The molecular formula is C20H23N3OS. The summed E-state index contributed by atoms with van der Waals surface area (Å²) in [6.45, 7) is 8.40. The van der Waals surface area contributed by atoms with Crippen LogP contribution in [-0.2, 0) is 6.42 Å². The number of aryl methyl sites for hydroxylation is 2. The van der Waals surface area contributed by atoms with Crippen molar-refractivity contribution in [1.82, 2.24) is 4.98 Å². The van der Waals surface area contributed by atoms with E-state index < -0.39 is 0 Å². The van der Waals surface area contributed by atoms with Gasteiger partial charge in [-0.15, -0.1) is 11.3 Å². The third kappa shape index (κ3) is 3.66. The van der Waals surface area contributed by atoms with Crippen LogP contribution < -0.4 is 11.1 Å². The Kier molecular flexibility index (Phi) is 4.77. The zero-order valence-electron chi connectivity index (χ0n) is 15.0. The average molecular weight is 353 g/mol. The number of hydrogen-bond acceptors (Lipinski definition) is 4. The number of thiophene rings is 1. The number of carbonyl (C=O) groups is 1.